The van der Waals surface area contributed by atoms with Crippen LogP contribution < -0.4 is 5.32 Å². The lowest BCUT2D eigenvalue weighted by molar-refractivity contribution is 0.0955. The Bertz CT molecular complexity index is 897. The summed E-state index contributed by atoms with van der Waals surface area (Å²) in [5.74, 6) is 0.135. The first-order valence-corrected chi connectivity index (χ1v) is 9.39. The smallest absolute Gasteiger partial charge is 0.256 e. The molecule has 0 bridgehead atoms. The Balaban J connectivity index is 1.65. The second kappa shape index (κ2) is 8.38. The van der Waals surface area contributed by atoms with Crippen molar-refractivity contribution in [1.29, 1.82) is 0 Å². The highest BCUT2D eigenvalue weighted by molar-refractivity contribution is 7.99. The normalized spacial score (nSPS) is 10.7. The molecule has 1 aromatic heterocycles. The maximum Gasteiger partial charge on any atom is 0.256 e. The van der Waals surface area contributed by atoms with E-state index in [1.807, 2.05) is 30.3 Å². The number of aromatic nitrogens is 2. The van der Waals surface area contributed by atoms with Gasteiger partial charge in [0.2, 0.25) is 0 Å². The molecule has 0 aliphatic carbocycles. The fraction of sp³-hybridized carbons (Fsp3) is 0.158. The Kier molecular flexibility index (Phi) is 5.96. The fourth-order valence-electron chi connectivity index (χ4n) is 2.45. The SMILES string of the molecule is Cc1nn(-c2ccc(F)cc2)c(Cl)c1C(=O)NCCSc1ccccc1. The van der Waals surface area contributed by atoms with Crippen molar-refractivity contribution in [2.45, 2.75) is 11.8 Å². The number of hydrogen-bond acceptors (Lipinski definition) is 3. The number of thioether (sulfide) groups is 1. The summed E-state index contributed by atoms with van der Waals surface area (Å²) < 4.78 is 14.5. The van der Waals surface area contributed by atoms with E-state index in [1.54, 1.807) is 30.8 Å². The second-order valence-electron chi connectivity index (χ2n) is 5.56. The highest BCUT2D eigenvalue weighted by Crippen LogP contribution is 2.24. The molecule has 4 nitrogen and oxygen atoms in total. The molecule has 0 unspecified atom stereocenters. The number of carbonyl (C=O) groups excluding carboxylic acids is 1. The van der Waals surface area contributed by atoms with Gasteiger partial charge in [-0.1, -0.05) is 29.8 Å². The zero-order valence-corrected chi connectivity index (χ0v) is 15.6. The van der Waals surface area contributed by atoms with Crippen molar-refractivity contribution in [2.24, 2.45) is 0 Å². The number of aryl methyl sites for hydroxylation is 1. The average Bonchev–Trinajstić information content (AvgIpc) is 2.94. The zero-order chi connectivity index (χ0) is 18.5. The van der Waals surface area contributed by atoms with Crippen LogP contribution in [0.4, 0.5) is 4.39 Å². The van der Waals surface area contributed by atoms with Gasteiger partial charge in [-0.2, -0.15) is 5.10 Å². The van der Waals surface area contributed by atoms with Gasteiger partial charge < -0.3 is 5.32 Å². The standard InChI is InChI=1S/C19H17ClFN3OS/c1-13-17(18(20)24(23-13)15-9-7-14(21)8-10-15)19(25)22-11-12-26-16-5-3-2-4-6-16/h2-10H,11-12H2,1H3,(H,22,25). The third-order valence-corrected chi connectivity index (χ3v) is 5.06. The first kappa shape index (κ1) is 18.5. The minimum absolute atomic E-state index is 0.210. The third kappa shape index (κ3) is 4.26. The Hall–Kier alpha value is -2.31. The fourth-order valence-corrected chi connectivity index (χ4v) is 3.60. The van der Waals surface area contributed by atoms with Gasteiger partial charge in [-0.15, -0.1) is 11.8 Å². The Morgan fingerprint density at radius 1 is 1.19 bits per heavy atom. The number of benzene rings is 2. The molecule has 0 aliphatic heterocycles. The quantitative estimate of drug-likeness (QED) is 0.499. The van der Waals surface area contributed by atoms with Crippen molar-refractivity contribution in [3.05, 3.63) is 76.8 Å². The van der Waals surface area contributed by atoms with Gasteiger partial charge in [-0.3, -0.25) is 4.79 Å². The number of hydrogen-bond donors (Lipinski definition) is 1. The van der Waals surface area contributed by atoms with Gasteiger partial charge in [0, 0.05) is 17.2 Å². The molecule has 0 saturated heterocycles. The number of carbonyl (C=O) groups is 1. The Morgan fingerprint density at radius 3 is 2.58 bits per heavy atom. The second-order valence-corrected chi connectivity index (χ2v) is 7.08. The molecule has 0 spiro atoms. The van der Waals surface area contributed by atoms with E-state index in [1.165, 1.54) is 16.8 Å². The summed E-state index contributed by atoms with van der Waals surface area (Å²) in [6.07, 6.45) is 0. The lowest BCUT2D eigenvalue weighted by Crippen LogP contribution is -2.26. The summed E-state index contributed by atoms with van der Waals surface area (Å²) in [7, 11) is 0. The first-order chi connectivity index (χ1) is 12.6. The van der Waals surface area contributed by atoms with E-state index in [-0.39, 0.29) is 16.9 Å². The van der Waals surface area contributed by atoms with Crippen molar-refractivity contribution in [1.82, 2.24) is 15.1 Å². The largest absolute Gasteiger partial charge is 0.351 e. The lowest BCUT2D eigenvalue weighted by Gasteiger charge is -2.06. The van der Waals surface area contributed by atoms with Crippen LogP contribution in [0.5, 0.6) is 0 Å². The summed E-state index contributed by atoms with van der Waals surface area (Å²) in [6, 6.07) is 15.8. The molecule has 0 fully saturated rings. The third-order valence-electron chi connectivity index (χ3n) is 3.70. The molecule has 7 heteroatoms. The molecule has 2 aromatic carbocycles. The van der Waals surface area contributed by atoms with Crippen LogP contribution in [-0.2, 0) is 0 Å². The number of amides is 1. The van der Waals surface area contributed by atoms with Crippen molar-refractivity contribution < 1.29 is 9.18 Å². The van der Waals surface area contributed by atoms with Gasteiger partial charge in [0.15, 0.2) is 0 Å². The van der Waals surface area contributed by atoms with Crippen LogP contribution in [0.1, 0.15) is 16.1 Å². The van der Waals surface area contributed by atoms with E-state index in [4.69, 9.17) is 11.6 Å². The van der Waals surface area contributed by atoms with E-state index in [2.05, 4.69) is 10.4 Å². The van der Waals surface area contributed by atoms with E-state index in [0.717, 1.165) is 10.6 Å². The molecule has 0 saturated carbocycles. The van der Waals surface area contributed by atoms with E-state index in [9.17, 15) is 9.18 Å². The summed E-state index contributed by atoms with van der Waals surface area (Å²) in [6.45, 7) is 2.23. The predicted octanol–water partition coefficient (Wildman–Crippen LogP) is 4.50. The van der Waals surface area contributed by atoms with Crippen molar-refractivity contribution in [3.63, 3.8) is 0 Å². The maximum atomic E-state index is 13.1. The minimum atomic E-state index is -0.345. The van der Waals surface area contributed by atoms with Crippen LogP contribution in [0, 0.1) is 12.7 Å². The van der Waals surface area contributed by atoms with Crippen molar-refractivity contribution in [3.8, 4) is 5.69 Å². The van der Waals surface area contributed by atoms with Crippen LogP contribution in [0.15, 0.2) is 59.5 Å². The van der Waals surface area contributed by atoms with Crippen LogP contribution in [-0.4, -0.2) is 28.0 Å². The van der Waals surface area contributed by atoms with Gasteiger partial charge in [0.1, 0.15) is 11.0 Å². The first-order valence-electron chi connectivity index (χ1n) is 8.03. The zero-order valence-electron chi connectivity index (χ0n) is 14.1. The summed E-state index contributed by atoms with van der Waals surface area (Å²) >= 11 is 8.01. The Labute approximate surface area is 160 Å². The van der Waals surface area contributed by atoms with Crippen LogP contribution in [0.25, 0.3) is 5.69 Å². The molecular weight excluding hydrogens is 373 g/mol. The molecule has 3 rings (SSSR count). The van der Waals surface area contributed by atoms with E-state index >= 15 is 0 Å². The minimum Gasteiger partial charge on any atom is -0.351 e. The van der Waals surface area contributed by atoms with Crippen LogP contribution in [0.3, 0.4) is 0 Å². The van der Waals surface area contributed by atoms with Gasteiger partial charge in [-0.25, -0.2) is 9.07 Å². The molecule has 1 heterocycles. The molecule has 3 aromatic rings. The average molecular weight is 390 g/mol. The van der Waals surface area contributed by atoms with Gasteiger partial charge in [0.25, 0.3) is 5.91 Å². The molecular formula is C19H17ClFN3OS. The molecule has 0 radical (unpaired) electrons. The predicted molar refractivity (Wildman–Crippen MR) is 103 cm³/mol. The van der Waals surface area contributed by atoms with Crippen molar-refractivity contribution >= 4 is 29.3 Å². The molecule has 1 amide bonds. The topological polar surface area (TPSA) is 46.9 Å². The van der Waals surface area contributed by atoms with E-state index < -0.39 is 0 Å². The number of rotatable bonds is 6. The monoisotopic (exact) mass is 389 g/mol. The summed E-state index contributed by atoms with van der Waals surface area (Å²) in [4.78, 5) is 13.6. The van der Waals surface area contributed by atoms with Gasteiger partial charge in [0.05, 0.1) is 16.9 Å². The number of halogens is 2. The highest BCUT2D eigenvalue weighted by atomic mass is 35.5. The Morgan fingerprint density at radius 2 is 1.88 bits per heavy atom. The van der Waals surface area contributed by atoms with E-state index in [0.29, 0.717) is 23.5 Å². The molecule has 1 N–H and O–H groups in total. The molecule has 26 heavy (non-hydrogen) atoms. The maximum absolute atomic E-state index is 13.1. The molecule has 0 atom stereocenters. The summed E-state index contributed by atoms with van der Waals surface area (Å²) in [5, 5.41) is 7.38. The highest BCUT2D eigenvalue weighted by Gasteiger charge is 2.20. The van der Waals surface area contributed by atoms with Gasteiger partial charge in [-0.05, 0) is 43.3 Å². The van der Waals surface area contributed by atoms with Crippen LogP contribution in [0.2, 0.25) is 5.15 Å². The van der Waals surface area contributed by atoms with Crippen molar-refractivity contribution in [2.75, 3.05) is 12.3 Å². The number of nitrogens with one attached hydrogen (secondary N) is 1. The summed E-state index contributed by atoms with van der Waals surface area (Å²) in [5.41, 5.74) is 1.45. The molecule has 0 aliphatic rings. The number of nitrogens with zero attached hydrogens (tertiary/aromatic N) is 2. The van der Waals surface area contributed by atoms with Gasteiger partial charge >= 0.3 is 0 Å². The lowest BCUT2D eigenvalue weighted by atomic mass is 10.2. The van der Waals surface area contributed by atoms with Crippen LogP contribution >= 0.6 is 23.4 Å². The molecule has 134 valence electrons.